The molecule has 3 aromatic rings. The Bertz CT molecular complexity index is 1280. The molecule has 5 rings (SSSR count). The lowest BCUT2D eigenvalue weighted by Gasteiger charge is -2.23. The quantitative estimate of drug-likeness (QED) is 0.535. The minimum atomic E-state index is -2.82. The number of hydrogen-bond acceptors (Lipinski definition) is 5. The van der Waals surface area contributed by atoms with Crippen molar-refractivity contribution in [3.05, 3.63) is 58.1 Å². The number of aryl methyl sites for hydroxylation is 2. The second-order valence-corrected chi connectivity index (χ2v) is 9.93. The van der Waals surface area contributed by atoms with E-state index in [9.17, 15) is 23.1 Å². The van der Waals surface area contributed by atoms with Gasteiger partial charge in [-0.15, -0.1) is 0 Å². The van der Waals surface area contributed by atoms with Crippen molar-refractivity contribution in [1.29, 1.82) is 0 Å². The van der Waals surface area contributed by atoms with Crippen molar-refractivity contribution < 1.29 is 23.1 Å². The standard InChI is InChI=1S/C23H24ClF3N6O2/c1-32-10-28-17(19(32)22(34)29-14-3-4-16(25)15(24)7-14)11-5-12-8-23(35,9-13(12)6-11)20-18(21(26)27)30-33(2)31-20/h3-4,7,10-13,21,35H,5-6,8-9H2,1-2H3,(H,29,34). The third-order valence-electron chi connectivity index (χ3n) is 7.17. The molecule has 2 unspecified atom stereocenters. The van der Waals surface area contributed by atoms with Crippen molar-refractivity contribution in [3.63, 3.8) is 0 Å². The molecule has 0 saturated heterocycles. The minimum absolute atomic E-state index is 0.0234. The maximum absolute atomic E-state index is 13.5. The average molecular weight is 509 g/mol. The van der Waals surface area contributed by atoms with Gasteiger partial charge in [0.15, 0.2) is 5.69 Å². The number of carbonyl (C=O) groups excluding carboxylic acids is 1. The van der Waals surface area contributed by atoms with Crippen molar-refractivity contribution in [2.75, 3.05) is 5.32 Å². The van der Waals surface area contributed by atoms with Gasteiger partial charge in [-0.2, -0.15) is 15.0 Å². The third kappa shape index (κ3) is 4.20. The lowest BCUT2D eigenvalue weighted by Crippen LogP contribution is -2.26. The predicted octanol–water partition coefficient (Wildman–Crippen LogP) is 4.32. The van der Waals surface area contributed by atoms with Crippen LogP contribution in [-0.2, 0) is 19.7 Å². The molecule has 12 heteroatoms. The summed E-state index contributed by atoms with van der Waals surface area (Å²) in [7, 11) is 3.18. The van der Waals surface area contributed by atoms with E-state index in [4.69, 9.17) is 11.6 Å². The molecule has 0 aliphatic heterocycles. The van der Waals surface area contributed by atoms with Gasteiger partial charge in [0.2, 0.25) is 0 Å². The van der Waals surface area contributed by atoms with E-state index in [1.54, 1.807) is 17.9 Å². The van der Waals surface area contributed by atoms with Gasteiger partial charge in [-0.3, -0.25) is 4.79 Å². The summed E-state index contributed by atoms with van der Waals surface area (Å²) in [6.45, 7) is 0. The topological polar surface area (TPSA) is 97.9 Å². The van der Waals surface area contributed by atoms with Gasteiger partial charge in [0, 0.05) is 25.7 Å². The molecule has 2 N–H and O–H groups in total. The zero-order valence-electron chi connectivity index (χ0n) is 19.1. The summed E-state index contributed by atoms with van der Waals surface area (Å²) in [5, 5.41) is 21.7. The number of fused-ring (bicyclic) bond motifs is 1. The minimum Gasteiger partial charge on any atom is -0.383 e. The van der Waals surface area contributed by atoms with Crippen LogP contribution in [-0.4, -0.2) is 35.6 Å². The lowest BCUT2D eigenvalue weighted by molar-refractivity contribution is 0.0243. The first kappa shape index (κ1) is 23.8. The molecule has 2 heterocycles. The highest BCUT2D eigenvalue weighted by Crippen LogP contribution is 2.57. The Labute approximate surface area is 204 Å². The van der Waals surface area contributed by atoms with Crippen molar-refractivity contribution in [2.24, 2.45) is 25.9 Å². The smallest absolute Gasteiger partial charge is 0.284 e. The number of carbonyl (C=O) groups is 1. The second-order valence-electron chi connectivity index (χ2n) is 9.52. The number of benzene rings is 1. The molecule has 0 bridgehead atoms. The van der Waals surface area contributed by atoms with Gasteiger partial charge in [0.1, 0.15) is 22.8 Å². The first-order valence-corrected chi connectivity index (χ1v) is 11.6. The maximum atomic E-state index is 13.5. The van der Waals surface area contributed by atoms with Crippen LogP contribution in [0.1, 0.15) is 65.6 Å². The number of nitrogens with one attached hydrogen (secondary N) is 1. The van der Waals surface area contributed by atoms with Crippen LogP contribution in [0.15, 0.2) is 24.5 Å². The molecule has 2 atom stereocenters. The molecular formula is C23H24ClF3N6O2. The first-order chi connectivity index (χ1) is 16.6. The number of amides is 1. The predicted molar refractivity (Wildman–Crippen MR) is 121 cm³/mol. The summed E-state index contributed by atoms with van der Waals surface area (Å²) in [5.74, 6) is -0.842. The molecular weight excluding hydrogens is 485 g/mol. The van der Waals surface area contributed by atoms with E-state index in [1.165, 1.54) is 25.2 Å². The Hall–Kier alpha value is -2.92. The first-order valence-electron chi connectivity index (χ1n) is 11.3. The normalized spacial score (nSPS) is 25.9. The van der Waals surface area contributed by atoms with E-state index < -0.39 is 29.4 Å². The van der Waals surface area contributed by atoms with Crippen molar-refractivity contribution in [3.8, 4) is 0 Å². The van der Waals surface area contributed by atoms with Crippen LogP contribution < -0.4 is 5.32 Å². The van der Waals surface area contributed by atoms with Gasteiger partial charge in [-0.1, -0.05) is 11.6 Å². The van der Waals surface area contributed by atoms with E-state index in [2.05, 4.69) is 20.5 Å². The molecule has 0 spiro atoms. The molecule has 1 aromatic carbocycles. The second kappa shape index (κ2) is 8.63. The number of aromatic nitrogens is 5. The monoisotopic (exact) mass is 508 g/mol. The number of halogens is 4. The van der Waals surface area contributed by atoms with Crippen molar-refractivity contribution in [1.82, 2.24) is 24.5 Å². The summed E-state index contributed by atoms with van der Waals surface area (Å²) in [4.78, 5) is 18.6. The van der Waals surface area contributed by atoms with Gasteiger partial charge < -0.3 is 15.0 Å². The highest BCUT2D eigenvalue weighted by Gasteiger charge is 2.53. The maximum Gasteiger partial charge on any atom is 0.284 e. The van der Waals surface area contributed by atoms with E-state index in [0.29, 0.717) is 42.8 Å². The van der Waals surface area contributed by atoms with Gasteiger partial charge >= 0.3 is 0 Å². The van der Waals surface area contributed by atoms with Crippen LogP contribution in [0.25, 0.3) is 0 Å². The number of nitrogens with zero attached hydrogens (tertiary/aromatic N) is 5. The molecule has 0 radical (unpaired) electrons. The molecule has 2 aliphatic carbocycles. The number of alkyl halides is 2. The van der Waals surface area contributed by atoms with Gasteiger partial charge in [0.05, 0.1) is 17.0 Å². The van der Waals surface area contributed by atoms with Crippen LogP contribution in [0.2, 0.25) is 5.02 Å². The molecule has 186 valence electrons. The summed E-state index contributed by atoms with van der Waals surface area (Å²) in [6, 6.07) is 3.94. The van der Waals surface area contributed by atoms with Gasteiger partial charge in [-0.05, 0) is 55.7 Å². The van der Waals surface area contributed by atoms with Gasteiger partial charge in [-0.25, -0.2) is 18.2 Å². The Balaban J connectivity index is 1.33. The van der Waals surface area contributed by atoms with Crippen LogP contribution in [0.5, 0.6) is 0 Å². The van der Waals surface area contributed by atoms with Crippen LogP contribution in [0.3, 0.4) is 0 Å². The molecule has 1 amide bonds. The summed E-state index contributed by atoms with van der Waals surface area (Å²) < 4.78 is 42.0. The third-order valence-corrected chi connectivity index (χ3v) is 7.46. The number of hydrogen-bond donors (Lipinski definition) is 2. The Morgan fingerprint density at radius 3 is 2.54 bits per heavy atom. The molecule has 2 fully saturated rings. The lowest BCUT2D eigenvalue weighted by atomic mass is 9.89. The highest BCUT2D eigenvalue weighted by molar-refractivity contribution is 6.31. The molecule has 2 saturated carbocycles. The molecule has 35 heavy (non-hydrogen) atoms. The van der Waals surface area contributed by atoms with E-state index in [-0.39, 0.29) is 28.5 Å². The highest BCUT2D eigenvalue weighted by atomic mass is 35.5. The molecule has 8 nitrogen and oxygen atoms in total. The fourth-order valence-corrected chi connectivity index (χ4v) is 5.95. The van der Waals surface area contributed by atoms with Crippen molar-refractivity contribution >= 4 is 23.2 Å². The summed E-state index contributed by atoms with van der Waals surface area (Å²) in [6.07, 6.45) is 0.681. The van der Waals surface area contributed by atoms with Crippen molar-refractivity contribution in [2.45, 2.75) is 43.6 Å². The number of rotatable bonds is 5. The molecule has 2 aromatic heterocycles. The fraction of sp³-hybridized carbons (Fsp3) is 0.478. The Morgan fingerprint density at radius 2 is 1.91 bits per heavy atom. The fourth-order valence-electron chi connectivity index (χ4n) is 5.77. The Kier molecular flexibility index (Phi) is 5.87. The summed E-state index contributed by atoms with van der Waals surface area (Å²) >= 11 is 5.82. The van der Waals surface area contributed by atoms with E-state index in [1.807, 2.05) is 0 Å². The van der Waals surface area contributed by atoms with Crippen LogP contribution in [0, 0.1) is 17.7 Å². The van der Waals surface area contributed by atoms with E-state index in [0.717, 1.165) is 4.80 Å². The number of aliphatic hydroxyl groups is 1. The largest absolute Gasteiger partial charge is 0.383 e. The SMILES string of the molecule is Cn1nc(C(F)F)c(C2(O)CC3CC(c4ncn(C)c4C(=O)Nc4ccc(F)c(Cl)c4)CC3C2)n1. The molecule has 2 aliphatic rings. The zero-order valence-corrected chi connectivity index (χ0v) is 19.8. The van der Waals surface area contributed by atoms with Gasteiger partial charge in [0.25, 0.3) is 12.3 Å². The zero-order chi connectivity index (χ0) is 25.1. The van der Waals surface area contributed by atoms with E-state index >= 15 is 0 Å². The average Bonchev–Trinajstić information content (AvgIpc) is 3.52. The Morgan fingerprint density at radius 1 is 1.23 bits per heavy atom. The van der Waals surface area contributed by atoms with Crippen LogP contribution in [0.4, 0.5) is 18.9 Å². The van der Waals surface area contributed by atoms with Crippen LogP contribution >= 0.6 is 11.6 Å². The summed E-state index contributed by atoms with van der Waals surface area (Å²) in [5.41, 5.74) is -0.580. The number of anilines is 1. The number of imidazole rings is 1.